The van der Waals surface area contributed by atoms with E-state index in [0.29, 0.717) is 17.4 Å². The zero-order valence-corrected chi connectivity index (χ0v) is 12.8. The highest BCUT2D eigenvalue weighted by molar-refractivity contribution is 4.89. The molecular weight excluding hydrogens is 240 g/mol. The van der Waals surface area contributed by atoms with Crippen molar-refractivity contribution in [3.63, 3.8) is 0 Å². The van der Waals surface area contributed by atoms with Gasteiger partial charge in [-0.25, -0.2) is 0 Å². The Morgan fingerprint density at radius 2 is 2.11 bits per heavy atom. The molecule has 0 amide bonds. The normalized spacial score (nSPS) is 32.4. The number of methoxy groups -OCH3 is 1. The van der Waals surface area contributed by atoms with E-state index in [4.69, 9.17) is 9.47 Å². The minimum absolute atomic E-state index is 0.395. The topological polar surface area (TPSA) is 33.7 Å². The lowest BCUT2D eigenvalue weighted by Gasteiger charge is -2.44. The van der Waals surface area contributed by atoms with Gasteiger partial charge in [-0.1, -0.05) is 6.92 Å². The van der Waals surface area contributed by atoms with E-state index in [1.165, 1.54) is 32.4 Å². The van der Waals surface area contributed by atoms with Crippen LogP contribution in [0.15, 0.2) is 0 Å². The summed E-state index contributed by atoms with van der Waals surface area (Å²) in [6.45, 7) is 8.73. The fourth-order valence-electron chi connectivity index (χ4n) is 3.59. The fourth-order valence-corrected chi connectivity index (χ4v) is 3.59. The maximum atomic E-state index is 5.63. The first kappa shape index (κ1) is 15.2. The first-order valence-electron chi connectivity index (χ1n) is 7.66. The highest BCUT2D eigenvalue weighted by Crippen LogP contribution is 2.32. The molecule has 2 fully saturated rings. The van der Waals surface area contributed by atoms with Crippen molar-refractivity contribution < 1.29 is 9.47 Å². The van der Waals surface area contributed by atoms with Crippen LogP contribution in [-0.4, -0.2) is 64.6 Å². The van der Waals surface area contributed by atoms with Crippen molar-refractivity contribution in [3.8, 4) is 0 Å². The van der Waals surface area contributed by atoms with Gasteiger partial charge in [0.15, 0.2) is 0 Å². The first-order chi connectivity index (χ1) is 9.19. The van der Waals surface area contributed by atoms with E-state index in [0.717, 1.165) is 26.3 Å². The molecule has 2 saturated heterocycles. The maximum absolute atomic E-state index is 5.63. The average molecular weight is 270 g/mol. The van der Waals surface area contributed by atoms with Crippen LogP contribution in [0, 0.1) is 11.3 Å². The number of nitrogens with one attached hydrogen (secondary N) is 1. The van der Waals surface area contributed by atoms with Crippen LogP contribution >= 0.6 is 0 Å². The lowest BCUT2D eigenvalue weighted by atomic mass is 9.79. The summed E-state index contributed by atoms with van der Waals surface area (Å²) in [5, 5.41) is 3.39. The Morgan fingerprint density at radius 3 is 2.74 bits per heavy atom. The highest BCUT2D eigenvalue weighted by Gasteiger charge is 2.36. The van der Waals surface area contributed by atoms with Gasteiger partial charge in [0.25, 0.3) is 0 Å². The van der Waals surface area contributed by atoms with Crippen molar-refractivity contribution in [2.75, 3.05) is 53.6 Å². The van der Waals surface area contributed by atoms with Gasteiger partial charge >= 0.3 is 0 Å². The van der Waals surface area contributed by atoms with Crippen LogP contribution in [0.1, 0.15) is 26.2 Å². The van der Waals surface area contributed by atoms with Crippen molar-refractivity contribution >= 4 is 0 Å². The van der Waals surface area contributed by atoms with Crippen LogP contribution < -0.4 is 5.32 Å². The van der Waals surface area contributed by atoms with E-state index < -0.39 is 0 Å². The largest absolute Gasteiger partial charge is 0.381 e. The lowest BCUT2D eigenvalue weighted by molar-refractivity contribution is -0.0420. The number of ether oxygens (including phenoxy) is 2. The van der Waals surface area contributed by atoms with Gasteiger partial charge in [-0.3, -0.25) is 0 Å². The zero-order chi connectivity index (χ0) is 13.7. The van der Waals surface area contributed by atoms with Crippen LogP contribution in [-0.2, 0) is 9.47 Å². The van der Waals surface area contributed by atoms with Crippen LogP contribution in [0.5, 0.6) is 0 Å². The number of hydrogen-bond donors (Lipinski definition) is 1. The van der Waals surface area contributed by atoms with Crippen LogP contribution in [0.4, 0.5) is 0 Å². The van der Waals surface area contributed by atoms with Gasteiger partial charge in [-0.2, -0.15) is 0 Å². The van der Waals surface area contributed by atoms with E-state index in [-0.39, 0.29) is 0 Å². The third-order valence-corrected chi connectivity index (χ3v) is 4.94. The molecule has 0 bridgehead atoms. The molecule has 2 heterocycles. The van der Waals surface area contributed by atoms with E-state index in [9.17, 15) is 0 Å². The molecule has 0 aliphatic carbocycles. The average Bonchev–Trinajstić information content (AvgIpc) is 2.42. The van der Waals surface area contributed by atoms with Gasteiger partial charge in [0, 0.05) is 40.0 Å². The Kier molecular flexibility index (Phi) is 5.63. The minimum Gasteiger partial charge on any atom is -0.381 e. The smallest absolute Gasteiger partial charge is 0.0724 e. The monoisotopic (exact) mass is 270 g/mol. The van der Waals surface area contributed by atoms with Gasteiger partial charge in [-0.15, -0.1) is 0 Å². The van der Waals surface area contributed by atoms with E-state index in [2.05, 4.69) is 24.2 Å². The molecule has 4 heteroatoms. The molecule has 2 rings (SSSR count). The number of likely N-dealkylation sites (tertiary alicyclic amines) is 1. The van der Waals surface area contributed by atoms with E-state index >= 15 is 0 Å². The molecule has 0 aromatic carbocycles. The molecule has 2 atom stereocenters. The number of piperidine rings is 1. The fraction of sp³-hybridized carbons (Fsp3) is 1.00. The minimum atomic E-state index is 0.395. The number of hydrogen-bond acceptors (Lipinski definition) is 4. The van der Waals surface area contributed by atoms with Gasteiger partial charge in [-0.05, 0) is 44.2 Å². The SMILES string of the molecule is CNCC1(CN2CCC(C)C(OC)C2)CCOCC1. The second kappa shape index (κ2) is 7.02. The number of rotatable bonds is 5. The molecular formula is C15H30N2O2. The Bertz CT molecular complexity index is 261. The molecule has 0 aromatic rings. The third-order valence-electron chi connectivity index (χ3n) is 4.94. The molecule has 0 radical (unpaired) electrons. The second-order valence-electron chi connectivity index (χ2n) is 6.42. The summed E-state index contributed by atoms with van der Waals surface area (Å²) >= 11 is 0. The Morgan fingerprint density at radius 1 is 1.37 bits per heavy atom. The van der Waals surface area contributed by atoms with Crippen molar-refractivity contribution in [3.05, 3.63) is 0 Å². The molecule has 112 valence electrons. The predicted molar refractivity (Wildman–Crippen MR) is 77.4 cm³/mol. The molecule has 1 N–H and O–H groups in total. The van der Waals surface area contributed by atoms with Crippen LogP contribution in [0.2, 0.25) is 0 Å². The van der Waals surface area contributed by atoms with Gasteiger partial charge in [0.1, 0.15) is 0 Å². The number of nitrogens with zero attached hydrogens (tertiary/aromatic N) is 1. The summed E-state index contributed by atoms with van der Waals surface area (Å²) in [5.74, 6) is 0.691. The second-order valence-corrected chi connectivity index (χ2v) is 6.42. The Balaban J connectivity index is 1.93. The van der Waals surface area contributed by atoms with Gasteiger partial charge in [0.2, 0.25) is 0 Å². The Labute approximate surface area is 117 Å². The molecule has 0 aromatic heterocycles. The lowest BCUT2D eigenvalue weighted by Crippen LogP contribution is -2.51. The van der Waals surface area contributed by atoms with E-state index in [1.807, 2.05) is 7.11 Å². The summed E-state index contributed by atoms with van der Waals surface area (Å²) in [6.07, 6.45) is 4.01. The Hall–Kier alpha value is -0.160. The van der Waals surface area contributed by atoms with E-state index in [1.54, 1.807) is 0 Å². The maximum Gasteiger partial charge on any atom is 0.0724 e. The standard InChI is InChI=1S/C15H30N2O2/c1-13-4-7-17(10-14(13)18-3)12-15(11-16-2)5-8-19-9-6-15/h13-14,16H,4-12H2,1-3H3. The summed E-state index contributed by atoms with van der Waals surface area (Å²) < 4.78 is 11.2. The van der Waals surface area contributed by atoms with Gasteiger partial charge in [0.05, 0.1) is 6.10 Å². The molecule has 2 unspecified atom stereocenters. The summed E-state index contributed by atoms with van der Waals surface area (Å²) in [7, 11) is 3.91. The highest BCUT2D eigenvalue weighted by atomic mass is 16.5. The summed E-state index contributed by atoms with van der Waals surface area (Å²) in [5.41, 5.74) is 0.395. The molecule has 2 aliphatic rings. The quantitative estimate of drug-likeness (QED) is 0.818. The van der Waals surface area contributed by atoms with Crippen molar-refractivity contribution in [2.24, 2.45) is 11.3 Å². The molecule has 0 saturated carbocycles. The van der Waals surface area contributed by atoms with Crippen molar-refractivity contribution in [1.29, 1.82) is 0 Å². The first-order valence-corrected chi connectivity index (χ1v) is 7.66. The molecule has 4 nitrogen and oxygen atoms in total. The van der Waals surface area contributed by atoms with Crippen molar-refractivity contribution in [2.45, 2.75) is 32.3 Å². The summed E-state index contributed by atoms with van der Waals surface area (Å²) in [6, 6.07) is 0. The molecule has 19 heavy (non-hydrogen) atoms. The van der Waals surface area contributed by atoms with Crippen LogP contribution in [0.3, 0.4) is 0 Å². The van der Waals surface area contributed by atoms with Gasteiger partial charge < -0.3 is 19.7 Å². The molecule has 2 aliphatic heterocycles. The van der Waals surface area contributed by atoms with Crippen molar-refractivity contribution in [1.82, 2.24) is 10.2 Å². The molecule has 0 spiro atoms. The zero-order valence-electron chi connectivity index (χ0n) is 12.8. The predicted octanol–water partition coefficient (Wildman–Crippen LogP) is 1.36. The third kappa shape index (κ3) is 3.91. The van der Waals surface area contributed by atoms with Crippen LogP contribution in [0.25, 0.3) is 0 Å². The summed E-state index contributed by atoms with van der Waals surface area (Å²) in [4.78, 5) is 2.61.